The second kappa shape index (κ2) is 3.44. The minimum atomic E-state index is 0.152. The van der Waals surface area contributed by atoms with Crippen LogP contribution in [-0.4, -0.2) is 5.78 Å². The van der Waals surface area contributed by atoms with Crippen molar-refractivity contribution in [1.82, 2.24) is 5.32 Å². The molecular weight excluding hydrogens is 162 g/mol. The van der Waals surface area contributed by atoms with E-state index in [4.69, 9.17) is 0 Å². The third-order valence-electron chi connectivity index (χ3n) is 2.17. The van der Waals surface area contributed by atoms with E-state index in [0.717, 1.165) is 0 Å². The molecule has 0 saturated carbocycles. The van der Waals surface area contributed by atoms with Crippen LogP contribution in [0.5, 0.6) is 0 Å². The summed E-state index contributed by atoms with van der Waals surface area (Å²) < 4.78 is 0. The number of ketones is 1. The van der Waals surface area contributed by atoms with Crippen LogP contribution in [0.15, 0.2) is 42.6 Å². The van der Waals surface area contributed by atoms with Gasteiger partial charge in [0, 0.05) is 12.6 Å². The van der Waals surface area contributed by atoms with Gasteiger partial charge in [-0.05, 0) is 11.6 Å². The Kier molecular flexibility index (Phi) is 2.13. The molecule has 0 saturated heterocycles. The van der Waals surface area contributed by atoms with Crippen LogP contribution >= 0.6 is 0 Å². The summed E-state index contributed by atoms with van der Waals surface area (Å²) in [7, 11) is 0. The maximum Gasteiger partial charge on any atom is 0.159 e. The van der Waals surface area contributed by atoms with Gasteiger partial charge >= 0.3 is 0 Å². The topological polar surface area (TPSA) is 29.1 Å². The number of rotatable bonds is 1. The largest absolute Gasteiger partial charge is 0.384 e. The maximum absolute atomic E-state index is 11.1. The van der Waals surface area contributed by atoms with E-state index >= 15 is 0 Å². The van der Waals surface area contributed by atoms with Crippen molar-refractivity contribution in [3.8, 4) is 0 Å². The third kappa shape index (κ3) is 1.78. The highest BCUT2D eigenvalue weighted by Crippen LogP contribution is 2.19. The Morgan fingerprint density at radius 1 is 1.23 bits per heavy atom. The van der Waals surface area contributed by atoms with E-state index in [0.29, 0.717) is 6.42 Å². The molecule has 13 heavy (non-hydrogen) atoms. The molecule has 0 radical (unpaired) electrons. The van der Waals surface area contributed by atoms with Crippen LogP contribution in [0.1, 0.15) is 18.0 Å². The van der Waals surface area contributed by atoms with Gasteiger partial charge in [0.05, 0.1) is 6.04 Å². The van der Waals surface area contributed by atoms with Crippen molar-refractivity contribution in [2.24, 2.45) is 0 Å². The molecule has 2 nitrogen and oxygen atoms in total. The van der Waals surface area contributed by atoms with Gasteiger partial charge in [-0.3, -0.25) is 4.79 Å². The number of allylic oxidation sites excluding steroid dienone is 1. The number of benzene rings is 1. The van der Waals surface area contributed by atoms with Gasteiger partial charge < -0.3 is 5.32 Å². The van der Waals surface area contributed by atoms with Crippen molar-refractivity contribution in [2.75, 3.05) is 0 Å². The van der Waals surface area contributed by atoms with Gasteiger partial charge in [-0.2, -0.15) is 0 Å². The van der Waals surface area contributed by atoms with Gasteiger partial charge in [0.15, 0.2) is 5.78 Å². The van der Waals surface area contributed by atoms with Crippen LogP contribution in [0.4, 0.5) is 0 Å². The zero-order valence-corrected chi connectivity index (χ0v) is 7.23. The summed E-state index contributed by atoms with van der Waals surface area (Å²) in [5.74, 6) is 0.188. The monoisotopic (exact) mass is 173 g/mol. The first-order chi connectivity index (χ1) is 6.36. The molecular formula is C11H11NO. The Morgan fingerprint density at radius 2 is 2.00 bits per heavy atom. The third-order valence-corrected chi connectivity index (χ3v) is 2.17. The summed E-state index contributed by atoms with van der Waals surface area (Å²) in [6.45, 7) is 0. The molecule has 0 unspecified atom stereocenters. The summed E-state index contributed by atoms with van der Waals surface area (Å²) in [6.07, 6.45) is 3.86. The molecule has 0 spiro atoms. The molecule has 1 heterocycles. The fourth-order valence-corrected chi connectivity index (χ4v) is 1.48. The van der Waals surface area contributed by atoms with E-state index < -0.39 is 0 Å². The molecule has 1 atom stereocenters. The van der Waals surface area contributed by atoms with E-state index in [1.165, 1.54) is 5.56 Å². The van der Waals surface area contributed by atoms with Crippen molar-refractivity contribution in [3.63, 3.8) is 0 Å². The van der Waals surface area contributed by atoms with E-state index in [2.05, 4.69) is 5.32 Å². The molecule has 1 aliphatic heterocycles. The minimum absolute atomic E-state index is 0.152. The van der Waals surface area contributed by atoms with Crippen LogP contribution in [-0.2, 0) is 4.79 Å². The van der Waals surface area contributed by atoms with Crippen molar-refractivity contribution < 1.29 is 4.79 Å². The molecule has 1 aromatic carbocycles. The lowest BCUT2D eigenvalue weighted by Gasteiger charge is -2.19. The molecule has 0 amide bonds. The summed E-state index contributed by atoms with van der Waals surface area (Å²) in [5.41, 5.74) is 1.17. The predicted molar refractivity (Wildman–Crippen MR) is 51.1 cm³/mol. The lowest BCUT2D eigenvalue weighted by molar-refractivity contribution is -0.115. The minimum Gasteiger partial charge on any atom is -0.384 e. The quantitative estimate of drug-likeness (QED) is 0.701. The van der Waals surface area contributed by atoms with Gasteiger partial charge in [-0.25, -0.2) is 0 Å². The summed E-state index contributed by atoms with van der Waals surface area (Å²) in [6, 6.07) is 10.2. The van der Waals surface area contributed by atoms with E-state index in [1.54, 1.807) is 12.3 Å². The Bertz CT molecular complexity index is 329. The Hall–Kier alpha value is -1.57. The van der Waals surface area contributed by atoms with Crippen LogP contribution < -0.4 is 5.32 Å². The highest BCUT2D eigenvalue weighted by molar-refractivity contribution is 5.90. The zero-order valence-electron chi connectivity index (χ0n) is 7.23. The predicted octanol–water partition coefficient (Wildman–Crippen LogP) is 1.80. The molecule has 2 heteroatoms. The highest BCUT2D eigenvalue weighted by atomic mass is 16.1. The molecule has 1 aliphatic rings. The van der Waals surface area contributed by atoms with Crippen LogP contribution in [0.3, 0.4) is 0 Å². The van der Waals surface area contributed by atoms with Crippen LogP contribution in [0, 0.1) is 0 Å². The Morgan fingerprint density at radius 3 is 2.69 bits per heavy atom. The number of carbonyl (C=O) groups is 1. The highest BCUT2D eigenvalue weighted by Gasteiger charge is 2.15. The average Bonchev–Trinajstić information content (AvgIpc) is 2.19. The van der Waals surface area contributed by atoms with Gasteiger partial charge in [-0.1, -0.05) is 30.3 Å². The smallest absolute Gasteiger partial charge is 0.159 e. The van der Waals surface area contributed by atoms with Gasteiger partial charge in [0.25, 0.3) is 0 Å². The lowest BCUT2D eigenvalue weighted by Crippen LogP contribution is -2.22. The first kappa shape index (κ1) is 8.05. The van der Waals surface area contributed by atoms with Crippen molar-refractivity contribution in [3.05, 3.63) is 48.2 Å². The second-order valence-electron chi connectivity index (χ2n) is 3.13. The zero-order chi connectivity index (χ0) is 9.10. The molecule has 0 aromatic heterocycles. The normalized spacial score (nSPS) is 21.2. The standard InChI is InChI=1S/C11H11NO/c13-10-6-7-12-11(8-10)9-4-2-1-3-5-9/h1-7,11-12H,8H2/t11-/m1/s1. The molecule has 0 aliphatic carbocycles. The molecule has 2 rings (SSSR count). The van der Waals surface area contributed by atoms with Crippen LogP contribution in [0.2, 0.25) is 0 Å². The van der Waals surface area contributed by atoms with Crippen molar-refractivity contribution in [1.29, 1.82) is 0 Å². The van der Waals surface area contributed by atoms with E-state index in [9.17, 15) is 4.79 Å². The first-order valence-corrected chi connectivity index (χ1v) is 4.36. The Labute approximate surface area is 77.3 Å². The summed E-state index contributed by atoms with van der Waals surface area (Å²) >= 11 is 0. The fourth-order valence-electron chi connectivity index (χ4n) is 1.48. The van der Waals surface area contributed by atoms with Gasteiger partial charge in [0.2, 0.25) is 0 Å². The average molecular weight is 173 g/mol. The summed E-state index contributed by atoms with van der Waals surface area (Å²) in [5, 5.41) is 3.16. The van der Waals surface area contributed by atoms with Gasteiger partial charge in [-0.15, -0.1) is 0 Å². The summed E-state index contributed by atoms with van der Waals surface area (Å²) in [4.78, 5) is 11.1. The first-order valence-electron chi connectivity index (χ1n) is 4.36. The number of hydrogen-bond acceptors (Lipinski definition) is 2. The number of carbonyl (C=O) groups excluding carboxylic acids is 1. The van der Waals surface area contributed by atoms with E-state index in [-0.39, 0.29) is 11.8 Å². The van der Waals surface area contributed by atoms with Crippen molar-refractivity contribution in [2.45, 2.75) is 12.5 Å². The molecule has 0 bridgehead atoms. The number of nitrogens with one attached hydrogen (secondary N) is 1. The molecule has 0 fully saturated rings. The van der Waals surface area contributed by atoms with Gasteiger partial charge in [0.1, 0.15) is 0 Å². The molecule has 1 aromatic rings. The fraction of sp³-hybridized carbons (Fsp3) is 0.182. The van der Waals surface area contributed by atoms with Crippen molar-refractivity contribution >= 4 is 5.78 Å². The van der Waals surface area contributed by atoms with E-state index in [1.807, 2.05) is 30.3 Å². The SMILES string of the molecule is O=C1C=CN[C@@H](c2ccccc2)C1. The van der Waals surface area contributed by atoms with Crippen LogP contribution in [0.25, 0.3) is 0 Å². The Balaban J connectivity index is 2.19. The maximum atomic E-state index is 11.1. The number of hydrogen-bond donors (Lipinski definition) is 1. The molecule has 66 valence electrons. The molecule has 1 N–H and O–H groups in total. The second-order valence-corrected chi connectivity index (χ2v) is 3.13. The lowest BCUT2D eigenvalue weighted by atomic mass is 10.00.